The Morgan fingerprint density at radius 3 is 2.56 bits per heavy atom. The Kier molecular flexibility index (Phi) is 4.89. The van der Waals surface area contributed by atoms with Crippen molar-refractivity contribution >= 4 is 17.5 Å². The fraction of sp³-hybridized carbons (Fsp3) is 0.176. The maximum atomic E-state index is 12.1. The van der Waals surface area contributed by atoms with E-state index in [2.05, 4.69) is 25.8 Å². The van der Waals surface area contributed by atoms with E-state index in [9.17, 15) is 4.79 Å². The number of aryl methyl sites for hydroxylation is 1. The first-order valence-electron chi connectivity index (χ1n) is 7.57. The van der Waals surface area contributed by atoms with E-state index in [1.165, 1.54) is 12.4 Å². The summed E-state index contributed by atoms with van der Waals surface area (Å²) in [6.45, 7) is 2.18. The second-order valence-corrected chi connectivity index (χ2v) is 5.27. The minimum atomic E-state index is -0.299. The zero-order chi connectivity index (χ0) is 17.6. The molecule has 2 N–H and O–H groups in total. The monoisotopic (exact) mass is 339 g/mol. The predicted molar refractivity (Wildman–Crippen MR) is 90.7 cm³/mol. The van der Waals surface area contributed by atoms with Crippen LogP contribution in [0.5, 0.6) is 5.75 Å². The Labute approximate surface area is 144 Å². The summed E-state index contributed by atoms with van der Waals surface area (Å²) in [5.74, 6) is 2.16. The van der Waals surface area contributed by atoms with Crippen LogP contribution in [0.15, 0.2) is 47.2 Å². The minimum absolute atomic E-state index is 0.232. The van der Waals surface area contributed by atoms with Gasteiger partial charge in [0.1, 0.15) is 23.0 Å². The standard InChI is InChI=1S/C17H17N5O3/c1-11-7-15(22-25-11)21-16-10-18-14(9-19-16)17(23)20-8-12-3-5-13(24-2)6-4-12/h3-7,9-10H,8H2,1-2H3,(H,20,23)(H,19,21,22). The van der Waals surface area contributed by atoms with Gasteiger partial charge in [-0.2, -0.15) is 0 Å². The first-order chi connectivity index (χ1) is 12.1. The van der Waals surface area contributed by atoms with E-state index >= 15 is 0 Å². The molecule has 1 aromatic carbocycles. The molecule has 0 atom stereocenters. The molecule has 3 aromatic rings. The molecule has 8 heteroatoms. The van der Waals surface area contributed by atoms with E-state index in [1.54, 1.807) is 20.1 Å². The van der Waals surface area contributed by atoms with E-state index in [-0.39, 0.29) is 11.6 Å². The number of aromatic nitrogens is 3. The first kappa shape index (κ1) is 16.4. The molecule has 8 nitrogen and oxygen atoms in total. The Hall–Kier alpha value is -3.42. The quantitative estimate of drug-likeness (QED) is 0.711. The lowest BCUT2D eigenvalue weighted by Crippen LogP contribution is -2.24. The number of nitrogens with one attached hydrogen (secondary N) is 2. The number of hydrogen-bond acceptors (Lipinski definition) is 7. The third-order valence-electron chi connectivity index (χ3n) is 3.38. The van der Waals surface area contributed by atoms with Gasteiger partial charge in [-0.05, 0) is 24.6 Å². The number of ether oxygens (including phenoxy) is 1. The lowest BCUT2D eigenvalue weighted by Gasteiger charge is -2.06. The molecule has 0 fully saturated rings. The lowest BCUT2D eigenvalue weighted by molar-refractivity contribution is 0.0945. The van der Waals surface area contributed by atoms with Gasteiger partial charge in [0.15, 0.2) is 5.82 Å². The van der Waals surface area contributed by atoms with Gasteiger partial charge in [0.2, 0.25) is 0 Å². The Morgan fingerprint density at radius 1 is 1.16 bits per heavy atom. The summed E-state index contributed by atoms with van der Waals surface area (Å²) in [6.07, 6.45) is 2.87. The molecule has 2 aromatic heterocycles. The number of methoxy groups -OCH3 is 1. The average molecular weight is 339 g/mol. The minimum Gasteiger partial charge on any atom is -0.497 e. The van der Waals surface area contributed by atoms with Crippen LogP contribution in [0.2, 0.25) is 0 Å². The molecule has 0 radical (unpaired) electrons. The molecule has 0 unspecified atom stereocenters. The number of hydrogen-bond donors (Lipinski definition) is 2. The van der Waals surface area contributed by atoms with Crippen molar-refractivity contribution in [2.45, 2.75) is 13.5 Å². The van der Waals surface area contributed by atoms with Gasteiger partial charge in [-0.3, -0.25) is 4.79 Å². The van der Waals surface area contributed by atoms with Gasteiger partial charge in [0.25, 0.3) is 5.91 Å². The van der Waals surface area contributed by atoms with Crippen LogP contribution in [0.4, 0.5) is 11.6 Å². The molecule has 3 rings (SSSR count). The molecule has 2 heterocycles. The molecular formula is C17H17N5O3. The largest absolute Gasteiger partial charge is 0.497 e. The van der Waals surface area contributed by atoms with Crippen molar-refractivity contribution in [1.82, 2.24) is 20.4 Å². The zero-order valence-corrected chi connectivity index (χ0v) is 13.8. The Morgan fingerprint density at radius 2 is 1.96 bits per heavy atom. The van der Waals surface area contributed by atoms with Gasteiger partial charge in [-0.25, -0.2) is 9.97 Å². The van der Waals surface area contributed by atoms with Crippen molar-refractivity contribution in [1.29, 1.82) is 0 Å². The molecule has 0 aliphatic carbocycles. The van der Waals surface area contributed by atoms with Crippen molar-refractivity contribution in [2.24, 2.45) is 0 Å². The third kappa shape index (κ3) is 4.31. The summed E-state index contributed by atoms with van der Waals surface area (Å²) in [7, 11) is 1.61. The van der Waals surface area contributed by atoms with Crippen molar-refractivity contribution in [3.8, 4) is 5.75 Å². The van der Waals surface area contributed by atoms with E-state index in [4.69, 9.17) is 9.26 Å². The van der Waals surface area contributed by atoms with Gasteiger partial charge in [-0.15, -0.1) is 0 Å². The van der Waals surface area contributed by atoms with E-state index < -0.39 is 0 Å². The molecule has 0 bridgehead atoms. The van der Waals surface area contributed by atoms with Crippen LogP contribution in [0.3, 0.4) is 0 Å². The number of benzene rings is 1. The molecule has 0 spiro atoms. The molecule has 1 amide bonds. The van der Waals surface area contributed by atoms with E-state index in [0.717, 1.165) is 11.3 Å². The molecule has 0 aliphatic heterocycles. The number of nitrogens with zero attached hydrogens (tertiary/aromatic N) is 3. The Bertz CT molecular complexity index is 843. The van der Waals surface area contributed by atoms with Crippen LogP contribution in [0.1, 0.15) is 21.8 Å². The summed E-state index contributed by atoms with van der Waals surface area (Å²) >= 11 is 0. The first-order valence-corrected chi connectivity index (χ1v) is 7.57. The van der Waals surface area contributed by atoms with Crippen molar-refractivity contribution in [3.05, 3.63) is 59.7 Å². The van der Waals surface area contributed by atoms with Crippen LogP contribution in [-0.2, 0) is 6.54 Å². The topological polar surface area (TPSA) is 102 Å². The van der Waals surface area contributed by atoms with Crippen LogP contribution in [0, 0.1) is 6.92 Å². The summed E-state index contributed by atoms with van der Waals surface area (Å²) in [5, 5.41) is 9.53. The average Bonchev–Trinajstić information content (AvgIpc) is 3.05. The maximum Gasteiger partial charge on any atom is 0.271 e. The van der Waals surface area contributed by atoms with Crippen LogP contribution >= 0.6 is 0 Å². The zero-order valence-electron chi connectivity index (χ0n) is 13.8. The summed E-state index contributed by atoms with van der Waals surface area (Å²) in [6, 6.07) is 9.19. The molecule has 0 saturated carbocycles. The lowest BCUT2D eigenvalue weighted by atomic mass is 10.2. The van der Waals surface area contributed by atoms with Gasteiger partial charge in [0.05, 0.1) is 19.5 Å². The highest BCUT2D eigenvalue weighted by atomic mass is 16.5. The van der Waals surface area contributed by atoms with Crippen molar-refractivity contribution in [2.75, 3.05) is 12.4 Å². The highest BCUT2D eigenvalue weighted by molar-refractivity contribution is 5.92. The second kappa shape index (κ2) is 7.43. The smallest absolute Gasteiger partial charge is 0.271 e. The van der Waals surface area contributed by atoms with Crippen LogP contribution in [0.25, 0.3) is 0 Å². The van der Waals surface area contributed by atoms with Gasteiger partial charge in [0, 0.05) is 12.6 Å². The Balaban J connectivity index is 1.56. The van der Waals surface area contributed by atoms with Crippen LogP contribution in [-0.4, -0.2) is 28.1 Å². The van der Waals surface area contributed by atoms with Crippen molar-refractivity contribution in [3.63, 3.8) is 0 Å². The third-order valence-corrected chi connectivity index (χ3v) is 3.38. The number of carbonyl (C=O) groups is 1. The molecule has 0 aliphatic rings. The van der Waals surface area contributed by atoms with E-state index in [0.29, 0.717) is 23.9 Å². The fourth-order valence-corrected chi connectivity index (χ4v) is 2.08. The normalized spacial score (nSPS) is 10.3. The predicted octanol–water partition coefficient (Wildman–Crippen LogP) is 2.46. The van der Waals surface area contributed by atoms with Gasteiger partial charge >= 0.3 is 0 Å². The summed E-state index contributed by atoms with van der Waals surface area (Å²) < 4.78 is 10.1. The maximum absolute atomic E-state index is 12.1. The summed E-state index contributed by atoms with van der Waals surface area (Å²) in [4.78, 5) is 20.4. The number of amides is 1. The van der Waals surface area contributed by atoms with Crippen molar-refractivity contribution < 1.29 is 14.1 Å². The number of rotatable bonds is 6. The fourth-order valence-electron chi connectivity index (χ4n) is 2.08. The molecule has 25 heavy (non-hydrogen) atoms. The SMILES string of the molecule is COc1ccc(CNC(=O)c2cnc(Nc3cc(C)on3)cn2)cc1. The van der Waals surface area contributed by atoms with Gasteiger partial charge in [-0.1, -0.05) is 17.3 Å². The number of carbonyl (C=O) groups excluding carboxylic acids is 1. The molecular weight excluding hydrogens is 322 g/mol. The van der Waals surface area contributed by atoms with Gasteiger partial charge < -0.3 is 19.9 Å². The highest BCUT2D eigenvalue weighted by Gasteiger charge is 2.09. The summed E-state index contributed by atoms with van der Waals surface area (Å²) in [5.41, 5.74) is 1.19. The van der Waals surface area contributed by atoms with E-state index in [1.807, 2.05) is 24.3 Å². The molecule has 128 valence electrons. The second-order valence-electron chi connectivity index (χ2n) is 5.27. The van der Waals surface area contributed by atoms with Crippen LogP contribution < -0.4 is 15.4 Å². The molecule has 0 saturated heterocycles. The highest BCUT2D eigenvalue weighted by Crippen LogP contribution is 2.13. The number of anilines is 2.